The molecule has 2 heterocycles. The number of aromatic nitrogens is 2. The summed E-state index contributed by atoms with van der Waals surface area (Å²) in [6, 6.07) is 10.4. The largest absolute Gasteiger partial charge is 0.278 e. The molecule has 0 unspecified atom stereocenters. The molecule has 4 aromatic rings. The van der Waals surface area contributed by atoms with Crippen molar-refractivity contribution in [2.45, 2.75) is 6.54 Å². The van der Waals surface area contributed by atoms with Gasteiger partial charge in [-0.15, -0.1) is 0 Å². The van der Waals surface area contributed by atoms with E-state index in [0.29, 0.717) is 11.8 Å². The van der Waals surface area contributed by atoms with Gasteiger partial charge in [0.25, 0.3) is 11.6 Å². The average molecular weight is 461 g/mol. The Balaban J connectivity index is 1.84. The van der Waals surface area contributed by atoms with E-state index >= 15 is 0 Å². The summed E-state index contributed by atoms with van der Waals surface area (Å²) >= 11 is 7.04. The van der Waals surface area contributed by atoms with Crippen molar-refractivity contribution in [3.8, 4) is 0 Å². The van der Waals surface area contributed by atoms with Crippen LogP contribution in [-0.2, 0) is 6.54 Å². The summed E-state index contributed by atoms with van der Waals surface area (Å²) in [5.74, 6) is -2.33. The van der Waals surface area contributed by atoms with E-state index in [1.807, 2.05) is 0 Å². The van der Waals surface area contributed by atoms with Gasteiger partial charge in [0.1, 0.15) is 11.3 Å². The van der Waals surface area contributed by atoms with Crippen LogP contribution in [0, 0.1) is 21.7 Å². The molecule has 0 fully saturated rings. The van der Waals surface area contributed by atoms with Gasteiger partial charge in [-0.05, 0) is 24.3 Å². The van der Waals surface area contributed by atoms with Gasteiger partial charge in [-0.25, -0.2) is 13.8 Å². The highest BCUT2D eigenvalue weighted by atomic mass is 35.5. The smallest absolute Gasteiger partial charge is 0.270 e. The van der Waals surface area contributed by atoms with Crippen LogP contribution in [0.5, 0.6) is 0 Å². The zero-order chi connectivity index (χ0) is 22.1. The van der Waals surface area contributed by atoms with E-state index in [2.05, 4.69) is 9.97 Å². The van der Waals surface area contributed by atoms with Crippen LogP contribution in [0.4, 0.5) is 19.6 Å². The molecule has 0 saturated heterocycles. The van der Waals surface area contributed by atoms with Gasteiger partial charge in [0, 0.05) is 24.4 Å². The topological polar surface area (TPSA) is 89.2 Å². The molecule has 2 aromatic carbocycles. The number of carbonyl (C=O) groups is 1. The maximum absolute atomic E-state index is 14.2. The van der Waals surface area contributed by atoms with Crippen molar-refractivity contribution in [1.82, 2.24) is 9.97 Å². The van der Waals surface area contributed by atoms with E-state index in [1.54, 1.807) is 18.2 Å². The fraction of sp³-hybridized carbons (Fsp3) is 0.0500. The van der Waals surface area contributed by atoms with Crippen LogP contribution in [0.1, 0.15) is 16.1 Å². The minimum absolute atomic E-state index is 0.0000398. The highest BCUT2D eigenvalue weighted by molar-refractivity contribution is 7.22. The first-order valence-corrected chi connectivity index (χ1v) is 9.94. The van der Waals surface area contributed by atoms with Crippen molar-refractivity contribution in [3.63, 3.8) is 0 Å². The second-order valence-electron chi connectivity index (χ2n) is 6.36. The van der Waals surface area contributed by atoms with Crippen LogP contribution in [0.3, 0.4) is 0 Å². The molecule has 2 aromatic heterocycles. The second-order valence-corrected chi connectivity index (χ2v) is 7.78. The Morgan fingerprint density at radius 2 is 2.00 bits per heavy atom. The van der Waals surface area contributed by atoms with Crippen LogP contribution in [0.2, 0.25) is 5.02 Å². The summed E-state index contributed by atoms with van der Waals surface area (Å²) in [5, 5.41) is 11.2. The third kappa shape index (κ3) is 4.21. The summed E-state index contributed by atoms with van der Waals surface area (Å²) in [5.41, 5.74) is -0.0469. The zero-order valence-corrected chi connectivity index (χ0v) is 17.0. The molecule has 0 spiro atoms. The van der Waals surface area contributed by atoms with Gasteiger partial charge in [0.15, 0.2) is 10.9 Å². The molecule has 0 saturated carbocycles. The highest BCUT2D eigenvalue weighted by Gasteiger charge is 2.26. The first-order valence-electron chi connectivity index (χ1n) is 8.75. The molecule has 0 aliphatic rings. The fourth-order valence-corrected chi connectivity index (χ4v) is 4.08. The molecule has 4 rings (SSSR count). The number of nitro groups is 1. The van der Waals surface area contributed by atoms with Gasteiger partial charge in [0.05, 0.1) is 32.4 Å². The van der Waals surface area contributed by atoms with Crippen molar-refractivity contribution < 1.29 is 18.5 Å². The number of nitro benzene ring substituents is 1. The minimum atomic E-state index is -0.865. The van der Waals surface area contributed by atoms with Gasteiger partial charge < -0.3 is 0 Å². The van der Waals surface area contributed by atoms with Crippen molar-refractivity contribution in [2.75, 3.05) is 4.90 Å². The lowest BCUT2D eigenvalue weighted by Gasteiger charge is -2.20. The molecule has 0 N–H and O–H groups in total. The number of hydrogen-bond donors (Lipinski definition) is 0. The number of thiazole rings is 1. The van der Waals surface area contributed by atoms with Crippen molar-refractivity contribution in [3.05, 3.63) is 92.8 Å². The number of amides is 1. The SMILES string of the molecule is O=C(c1cc([N+](=O)[O-])ccc1Cl)N(Cc1ccccn1)c1nc2c(F)cc(F)cc2s1. The second kappa shape index (κ2) is 8.32. The van der Waals surface area contributed by atoms with Gasteiger partial charge >= 0.3 is 0 Å². The van der Waals surface area contributed by atoms with Crippen LogP contribution in [0.15, 0.2) is 54.7 Å². The summed E-state index contributed by atoms with van der Waals surface area (Å²) in [7, 11) is 0. The number of rotatable bonds is 5. The van der Waals surface area contributed by atoms with E-state index in [1.165, 1.54) is 23.2 Å². The molecule has 0 radical (unpaired) electrons. The van der Waals surface area contributed by atoms with E-state index in [0.717, 1.165) is 23.5 Å². The van der Waals surface area contributed by atoms with Crippen molar-refractivity contribution >= 4 is 49.9 Å². The number of carbonyl (C=O) groups excluding carboxylic acids is 1. The van der Waals surface area contributed by atoms with E-state index in [4.69, 9.17) is 11.6 Å². The molecular formula is C20H11ClF2N4O3S. The van der Waals surface area contributed by atoms with Crippen LogP contribution < -0.4 is 4.90 Å². The quantitative estimate of drug-likeness (QED) is 0.295. The molecule has 1 amide bonds. The number of hydrogen-bond acceptors (Lipinski definition) is 6. The molecule has 0 atom stereocenters. The first kappa shape index (κ1) is 20.8. The zero-order valence-electron chi connectivity index (χ0n) is 15.5. The van der Waals surface area contributed by atoms with E-state index in [9.17, 15) is 23.7 Å². The lowest BCUT2D eigenvalue weighted by atomic mass is 10.1. The predicted octanol–water partition coefficient (Wildman–Crippen LogP) is 5.38. The Labute approximate surface area is 182 Å². The summed E-state index contributed by atoms with van der Waals surface area (Å²) in [6.45, 7) is -0.0668. The third-order valence-corrected chi connectivity index (χ3v) is 5.67. The summed E-state index contributed by atoms with van der Waals surface area (Å²) in [6.07, 6.45) is 1.53. The molecule has 0 aliphatic heterocycles. The van der Waals surface area contributed by atoms with Crippen LogP contribution in [-0.4, -0.2) is 20.8 Å². The highest BCUT2D eigenvalue weighted by Crippen LogP contribution is 2.34. The molecule has 7 nitrogen and oxygen atoms in total. The number of benzene rings is 2. The number of pyridine rings is 1. The van der Waals surface area contributed by atoms with Gasteiger partial charge in [-0.2, -0.15) is 0 Å². The first-order chi connectivity index (χ1) is 14.8. The Kier molecular flexibility index (Phi) is 5.57. The van der Waals surface area contributed by atoms with E-state index < -0.39 is 22.5 Å². The lowest BCUT2D eigenvalue weighted by Crippen LogP contribution is -2.31. The maximum atomic E-state index is 14.2. The number of halogens is 3. The van der Waals surface area contributed by atoms with Crippen LogP contribution in [0.25, 0.3) is 10.2 Å². The maximum Gasteiger partial charge on any atom is 0.270 e. The fourth-order valence-electron chi connectivity index (χ4n) is 2.88. The molecule has 11 heteroatoms. The number of non-ortho nitro benzene ring substituents is 1. The molecule has 0 bridgehead atoms. The number of anilines is 1. The normalized spacial score (nSPS) is 10.9. The van der Waals surface area contributed by atoms with Gasteiger partial charge in [0.2, 0.25) is 0 Å². The van der Waals surface area contributed by atoms with Crippen molar-refractivity contribution in [2.24, 2.45) is 0 Å². The molecule has 0 aliphatic carbocycles. The third-order valence-electron chi connectivity index (χ3n) is 4.32. The molecular weight excluding hydrogens is 450 g/mol. The Morgan fingerprint density at radius 1 is 1.19 bits per heavy atom. The Morgan fingerprint density at radius 3 is 2.71 bits per heavy atom. The molecule has 31 heavy (non-hydrogen) atoms. The number of fused-ring (bicyclic) bond motifs is 1. The van der Waals surface area contributed by atoms with Crippen LogP contribution >= 0.6 is 22.9 Å². The Hall–Kier alpha value is -3.50. The lowest BCUT2D eigenvalue weighted by molar-refractivity contribution is -0.384. The van der Waals surface area contributed by atoms with Crippen molar-refractivity contribution in [1.29, 1.82) is 0 Å². The summed E-state index contributed by atoms with van der Waals surface area (Å²) < 4.78 is 28.0. The minimum Gasteiger partial charge on any atom is -0.278 e. The Bertz CT molecular complexity index is 1320. The van der Waals surface area contributed by atoms with E-state index in [-0.39, 0.29) is 38.2 Å². The summed E-state index contributed by atoms with van der Waals surface area (Å²) in [4.78, 5) is 33.4. The standard InChI is InChI=1S/C20H11ClF2N4O3S/c21-15-5-4-13(27(29)30)9-14(15)19(28)26(10-12-3-1-2-6-24-12)20-25-18-16(23)7-11(22)8-17(18)31-20/h1-9H,10H2. The predicted molar refractivity (Wildman–Crippen MR) is 112 cm³/mol. The average Bonchev–Trinajstić information content (AvgIpc) is 3.16. The molecule has 156 valence electrons. The monoisotopic (exact) mass is 460 g/mol. The van der Waals surface area contributed by atoms with Gasteiger partial charge in [-0.1, -0.05) is 29.0 Å². The van der Waals surface area contributed by atoms with Gasteiger partial charge in [-0.3, -0.25) is 24.8 Å². The number of nitrogens with zero attached hydrogens (tertiary/aromatic N) is 4.